The minimum absolute atomic E-state index is 0.381. The Kier molecular flexibility index (Phi) is 2.76. The van der Waals surface area contributed by atoms with Crippen LogP contribution < -0.4 is 11.1 Å². The average Bonchev–Trinajstić information content (AvgIpc) is 2.98. The number of nitrogen functional groups attached to an aromatic ring is 1. The van der Waals surface area contributed by atoms with Crippen molar-refractivity contribution in [3.63, 3.8) is 0 Å². The molecule has 0 aliphatic heterocycles. The highest BCUT2D eigenvalue weighted by Gasteiger charge is 2.40. The minimum Gasteiger partial charge on any atom is -0.394 e. The zero-order valence-corrected chi connectivity index (χ0v) is 11.6. The molecule has 0 aromatic carbocycles. The molecule has 1 heterocycles. The Morgan fingerprint density at radius 2 is 2.11 bits per heavy atom. The molecule has 1 aromatic heterocycles. The third kappa shape index (κ3) is 1.78. The van der Waals surface area contributed by atoms with Crippen LogP contribution in [-0.2, 0) is 7.05 Å². The maximum Gasteiger partial charge on any atom is 0.148 e. The fourth-order valence-corrected chi connectivity index (χ4v) is 3.76. The first-order valence-corrected chi connectivity index (χ1v) is 7.15. The first kappa shape index (κ1) is 11.9. The summed E-state index contributed by atoms with van der Waals surface area (Å²) in [7, 11) is 1.98. The van der Waals surface area contributed by atoms with E-state index < -0.39 is 0 Å². The van der Waals surface area contributed by atoms with Crippen LogP contribution in [0.4, 0.5) is 11.5 Å². The monoisotopic (exact) mass is 248 g/mol. The lowest BCUT2D eigenvalue weighted by atomic mass is 9.95. The summed E-state index contributed by atoms with van der Waals surface area (Å²) in [6.45, 7) is 4.28. The molecule has 3 rings (SSSR count). The van der Waals surface area contributed by atoms with Crippen molar-refractivity contribution < 1.29 is 0 Å². The first-order valence-electron chi connectivity index (χ1n) is 7.15. The van der Waals surface area contributed by atoms with Crippen molar-refractivity contribution in [3.05, 3.63) is 5.69 Å². The van der Waals surface area contributed by atoms with Crippen molar-refractivity contribution in [2.24, 2.45) is 18.9 Å². The highest BCUT2D eigenvalue weighted by molar-refractivity contribution is 5.66. The lowest BCUT2D eigenvalue weighted by Crippen LogP contribution is -2.27. The van der Waals surface area contributed by atoms with Crippen LogP contribution in [0.1, 0.15) is 51.1 Å². The minimum atomic E-state index is 0.381. The smallest absolute Gasteiger partial charge is 0.148 e. The van der Waals surface area contributed by atoms with Gasteiger partial charge in [0.05, 0.1) is 11.4 Å². The second-order valence-corrected chi connectivity index (χ2v) is 6.35. The van der Waals surface area contributed by atoms with Gasteiger partial charge in [-0.3, -0.25) is 4.68 Å². The standard InChI is InChI=1S/C14H24N4/c1-8(2)13-12(15)14(18(3)17-13)16-11-7-9-4-5-10(11)6-9/h8-11,16H,4-7,15H2,1-3H3. The van der Waals surface area contributed by atoms with Gasteiger partial charge in [-0.25, -0.2) is 0 Å². The number of nitrogens with zero attached hydrogens (tertiary/aromatic N) is 2. The molecule has 2 saturated carbocycles. The molecule has 1 aromatic rings. The summed E-state index contributed by atoms with van der Waals surface area (Å²) in [5.74, 6) is 3.21. The van der Waals surface area contributed by atoms with E-state index in [0.717, 1.165) is 29.0 Å². The molecule has 2 bridgehead atoms. The third-order valence-electron chi connectivity index (χ3n) is 4.72. The number of rotatable bonds is 3. The maximum atomic E-state index is 6.24. The van der Waals surface area contributed by atoms with Gasteiger partial charge in [0.15, 0.2) is 0 Å². The zero-order valence-electron chi connectivity index (χ0n) is 11.6. The van der Waals surface area contributed by atoms with E-state index in [0.29, 0.717) is 12.0 Å². The second-order valence-electron chi connectivity index (χ2n) is 6.35. The van der Waals surface area contributed by atoms with Gasteiger partial charge in [-0.05, 0) is 37.0 Å². The van der Waals surface area contributed by atoms with Crippen LogP contribution in [-0.4, -0.2) is 15.8 Å². The van der Waals surface area contributed by atoms with Gasteiger partial charge in [0.25, 0.3) is 0 Å². The molecule has 18 heavy (non-hydrogen) atoms. The van der Waals surface area contributed by atoms with Gasteiger partial charge in [0.2, 0.25) is 0 Å². The van der Waals surface area contributed by atoms with E-state index in [1.165, 1.54) is 25.7 Å². The van der Waals surface area contributed by atoms with E-state index in [1.807, 2.05) is 11.7 Å². The van der Waals surface area contributed by atoms with Crippen molar-refractivity contribution in [1.29, 1.82) is 0 Å². The van der Waals surface area contributed by atoms with E-state index in [9.17, 15) is 0 Å². The van der Waals surface area contributed by atoms with Crippen molar-refractivity contribution in [3.8, 4) is 0 Å². The molecule has 4 nitrogen and oxygen atoms in total. The maximum absolute atomic E-state index is 6.24. The number of aryl methyl sites for hydroxylation is 1. The van der Waals surface area contributed by atoms with Gasteiger partial charge in [0.1, 0.15) is 5.82 Å². The number of nitrogens with two attached hydrogens (primary N) is 1. The fraction of sp³-hybridized carbons (Fsp3) is 0.786. The van der Waals surface area contributed by atoms with E-state index in [1.54, 1.807) is 0 Å². The molecule has 0 radical (unpaired) electrons. The van der Waals surface area contributed by atoms with Crippen LogP contribution >= 0.6 is 0 Å². The number of hydrogen-bond acceptors (Lipinski definition) is 3. The van der Waals surface area contributed by atoms with Crippen LogP contribution in [0.15, 0.2) is 0 Å². The van der Waals surface area contributed by atoms with Crippen molar-refractivity contribution in [2.75, 3.05) is 11.1 Å². The summed E-state index contributed by atoms with van der Waals surface area (Å²) in [6, 6.07) is 0.612. The number of hydrogen-bond donors (Lipinski definition) is 2. The van der Waals surface area contributed by atoms with Crippen molar-refractivity contribution in [2.45, 2.75) is 51.5 Å². The molecule has 3 N–H and O–H groups in total. The fourth-order valence-electron chi connectivity index (χ4n) is 3.76. The Bertz CT molecular complexity index is 449. The highest BCUT2D eigenvalue weighted by atomic mass is 15.3. The predicted octanol–water partition coefficient (Wildman–Crippen LogP) is 2.73. The van der Waals surface area contributed by atoms with E-state index in [-0.39, 0.29) is 0 Å². The number of anilines is 2. The molecule has 0 saturated heterocycles. The summed E-state index contributed by atoms with van der Waals surface area (Å²) < 4.78 is 1.91. The normalized spacial score (nSPS) is 30.3. The van der Waals surface area contributed by atoms with Gasteiger partial charge in [-0.15, -0.1) is 0 Å². The number of nitrogens with one attached hydrogen (secondary N) is 1. The van der Waals surface area contributed by atoms with Gasteiger partial charge >= 0.3 is 0 Å². The summed E-state index contributed by atoms with van der Waals surface area (Å²) in [4.78, 5) is 0. The van der Waals surface area contributed by atoms with Crippen LogP contribution in [0.3, 0.4) is 0 Å². The summed E-state index contributed by atoms with van der Waals surface area (Å²) in [5.41, 5.74) is 8.10. The molecule has 2 aliphatic carbocycles. The molecule has 100 valence electrons. The molecular formula is C14H24N4. The van der Waals surface area contributed by atoms with E-state index in [2.05, 4.69) is 24.3 Å². The molecule has 2 fully saturated rings. The van der Waals surface area contributed by atoms with Crippen molar-refractivity contribution >= 4 is 11.5 Å². The largest absolute Gasteiger partial charge is 0.394 e. The second kappa shape index (κ2) is 4.18. The van der Waals surface area contributed by atoms with Gasteiger partial charge in [-0.1, -0.05) is 20.3 Å². The van der Waals surface area contributed by atoms with Crippen LogP contribution in [0.25, 0.3) is 0 Å². The molecule has 0 amide bonds. The zero-order chi connectivity index (χ0) is 12.9. The van der Waals surface area contributed by atoms with Gasteiger partial charge in [-0.2, -0.15) is 5.10 Å². The Labute approximate surface area is 109 Å². The van der Waals surface area contributed by atoms with Crippen LogP contribution in [0, 0.1) is 11.8 Å². The molecule has 0 spiro atoms. The molecule has 3 unspecified atom stereocenters. The Balaban J connectivity index is 1.80. The molecule has 3 atom stereocenters. The van der Waals surface area contributed by atoms with Crippen molar-refractivity contribution in [1.82, 2.24) is 9.78 Å². The SMILES string of the molecule is CC(C)c1nn(C)c(NC2CC3CCC2C3)c1N. The number of aromatic nitrogens is 2. The third-order valence-corrected chi connectivity index (χ3v) is 4.72. The van der Waals surface area contributed by atoms with E-state index in [4.69, 9.17) is 5.73 Å². The average molecular weight is 248 g/mol. The first-order chi connectivity index (χ1) is 8.56. The van der Waals surface area contributed by atoms with Gasteiger partial charge < -0.3 is 11.1 Å². The summed E-state index contributed by atoms with van der Waals surface area (Å²) in [5, 5.41) is 8.20. The molecule has 2 aliphatic rings. The quantitative estimate of drug-likeness (QED) is 0.864. The lowest BCUT2D eigenvalue weighted by Gasteiger charge is -2.24. The summed E-state index contributed by atoms with van der Waals surface area (Å²) in [6.07, 6.45) is 5.54. The summed E-state index contributed by atoms with van der Waals surface area (Å²) >= 11 is 0. The lowest BCUT2D eigenvalue weighted by molar-refractivity contribution is 0.437. The van der Waals surface area contributed by atoms with Crippen LogP contribution in [0.5, 0.6) is 0 Å². The Hall–Kier alpha value is -1.19. The predicted molar refractivity (Wildman–Crippen MR) is 74.6 cm³/mol. The molecule has 4 heteroatoms. The van der Waals surface area contributed by atoms with E-state index >= 15 is 0 Å². The van der Waals surface area contributed by atoms with Crippen LogP contribution in [0.2, 0.25) is 0 Å². The Morgan fingerprint density at radius 1 is 1.33 bits per heavy atom. The topological polar surface area (TPSA) is 55.9 Å². The molecular weight excluding hydrogens is 224 g/mol. The number of fused-ring (bicyclic) bond motifs is 2. The van der Waals surface area contributed by atoms with Gasteiger partial charge in [0, 0.05) is 13.1 Å². The Morgan fingerprint density at radius 3 is 2.61 bits per heavy atom. The highest BCUT2D eigenvalue weighted by Crippen LogP contribution is 2.46.